The van der Waals surface area contributed by atoms with E-state index < -0.39 is 0 Å². The minimum Gasteiger partial charge on any atom is -0.372 e. The number of thiazole rings is 1. The lowest BCUT2D eigenvalue weighted by atomic mass is 10.1. The molecule has 1 fully saturated rings. The molecule has 1 aliphatic heterocycles. The number of rotatable bonds is 6. The molecule has 1 amide bonds. The number of hydrogen-bond acceptors (Lipinski definition) is 5. The number of ether oxygens (including phenoxy) is 1. The third-order valence-corrected chi connectivity index (χ3v) is 6.03. The first-order valence-electron chi connectivity index (χ1n) is 10.8. The molecule has 1 saturated heterocycles. The quantitative estimate of drug-likeness (QED) is 0.529. The van der Waals surface area contributed by atoms with Crippen molar-refractivity contribution in [1.82, 2.24) is 20.5 Å². The van der Waals surface area contributed by atoms with Gasteiger partial charge in [0, 0.05) is 37.6 Å². The Morgan fingerprint density at radius 1 is 1.19 bits per heavy atom. The number of nitrogens with one attached hydrogen (secondary N) is 2. The van der Waals surface area contributed by atoms with E-state index in [0.29, 0.717) is 37.7 Å². The first-order chi connectivity index (χ1) is 14.9. The lowest BCUT2D eigenvalue weighted by Crippen LogP contribution is -2.48. The highest BCUT2D eigenvalue weighted by Crippen LogP contribution is 2.17. The average molecular weight is 444 g/mol. The topological polar surface area (TPSA) is 78.9 Å². The van der Waals surface area contributed by atoms with Gasteiger partial charge in [0.15, 0.2) is 5.96 Å². The zero-order valence-electron chi connectivity index (χ0n) is 19.0. The Morgan fingerprint density at radius 3 is 2.42 bits per heavy atom. The number of aliphatic imine (C=N–C) groups is 1. The highest BCUT2D eigenvalue weighted by atomic mass is 32.1. The van der Waals surface area contributed by atoms with Crippen molar-refractivity contribution in [1.29, 1.82) is 0 Å². The van der Waals surface area contributed by atoms with Gasteiger partial charge in [-0.05, 0) is 37.5 Å². The summed E-state index contributed by atoms with van der Waals surface area (Å²) in [5, 5.41) is 9.77. The van der Waals surface area contributed by atoms with Crippen LogP contribution in [0.15, 0.2) is 34.6 Å². The first-order valence-corrected chi connectivity index (χ1v) is 11.7. The van der Waals surface area contributed by atoms with Crippen LogP contribution >= 0.6 is 11.3 Å². The molecule has 1 aromatic heterocycles. The summed E-state index contributed by atoms with van der Waals surface area (Å²) in [5.41, 5.74) is 2.91. The molecular formula is C23H33N5O2S. The van der Waals surface area contributed by atoms with Gasteiger partial charge in [-0.1, -0.05) is 26.0 Å². The number of aromatic nitrogens is 1. The highest BCUT2D eigenvalue weighted by molar-refractivity contribution is 7.09. The summed E-state index contributed by atoms with van der Waals surface area (Å²) in [4.78, 5) is 23.6. The second-order valence-corrected chi connectivity index (χ2v) is 9.21. The van der Waals surface area contributed by atoms with Crippen molar-refractivity contribution < 1.29 is 9.53 Å². The Labute approximate surface area is 188 Å². The third-order valence-electron chi connectivity index (χ3n) is 5.16. The first kappa shape index (κ1) is 23.2. The summed E-state index contributed by atoms with van der Waals surface area (Å²) in [5.74, 6) is 1.22. The molecule has 0 bridgehead atoms. The summed E-state index contributed by atoms with van der Waals surface area (Å²) in [7, 11) is 1.75. The fourth-order valence-electron chi connectivity index (χ4n) is 3.53. The molecule has 1 aromatic carbocycles. The van der Waals surface area contributed by atoms with Gasteiger partial charge < -0.3 is 20.3 Å². The normalized spacial score (nSPS) is 19.5. The van der Waals surface area contributed by atoms with Gasteiger partial charge in [0.1, 0.15) is 5.01 Å². The van der Waals surface area contributed by atoms with Gasteiger partial charge in [-0.3, -0.25) is 9.79 Å². The van der Waals surface area contributed by atoms with Crippen molar-refractivity contribution in [2.45, 2.75) is 58.9 Å². The van der Waals surface area contributed by atoms with Gasteiger partial charge in [0.2, 0.25) is 0 Å². The molecule has 2 unspecified atom stereocenters. The monoisotopic (exact) mass is 443 g/mol. The van der Waals surface area contributed by atoms with Crippen LogP contribution in [0.2, 0.25) is 0 Å². The number of carbonyl (C=O) groups is 1. The SMILES string of the molecule is CN=C(NCc1ccc(C(=O)N2CC(C)OC(C)C2)cc1)NCc1nc(C(C)C)cs1. The Balaban J connectivity index is 1.50. The van der Waals surface area contributed by atoms with Gasteiger partial charge in [0.25, 0.3) is 5.91 Å². The molecular weight excluding hydrogens is 410 g/mol. The minimum atomic E-state index is 0.0585. The standard InChI is InChI=1S/C23H33N5O2S/c1-15(2)20-14-31-21(27-20)11-26-23(24-5)25-10-18-6-8-19(9-7-18)22(29)28-12-16(3)30-17(4)13-28/h6-9,14-17H,10-13H2,1-5H3,(H2,24,25,26). The fourth-order valence-corrected chi connectivity index (χ4v) is 4.42. The van der Waals surface area contributed by atoms with E-state index in [1.807, 2.05) is 43.0 Å². The molecule has 0 saturated carbocycles. The van der Waals surface area contributed by atoms with Crippen LogP contribution in [0.4, 0.5) is 0 Å². The Morgan fingerprint density at radius 2 is 1.84 bits per heavy atom. The van der Waals surface area contributed by atoms with E-state index in [1.54, 1.807) is 18.4 Å². The number of morpholine rings is 1. The lowest BCUT2D eigenvalue weighted by molar-refractivity contribution is -0.0586. The molecule has 0 radical (unpaired) electrons. The second kappa shape index (κ2) is 10.7. The average Bonchev–Trinajstić information content (AvgIpc) is 3.22. The van der Waals surface area contributed by atoms with Gasteiger partial charge in [0.05, 0.1) is 24.4 Å². The highest BCUT2D eigenvalue weighted by Gasteiger charge is 2.26. The number of amides is 1. The molecule has 7 nitrogen and oxygen atoms in total. The van der Waals surface area contributed by atoms with Gasteiger partial charge >= 0.3 is 0 Å². The largest absolute Gasteiger partial charge is 0.372 e. The summed E-state index contributed by atoms with van der Waals surface area (Å²) in [6.07, 6.45) is 0.133. The zero-order valence-corrected chi connectivity index (χ0v) is 19.8. The van der Waals surface area contributed by atoms with E-state index in [-0.39, 0.29) is 18.1 Å². The van der Waals surface area contributed by atoms with E-state index in [9.17, 15) is 4.79 Å². The van der Waals surface area contributed by atoms with Crippen LogP contribution in [0.3, 0.4) is 0 Å². The number of hydrogen-bond donors (Lipinski definition) is 2. The van der Waals surface area contributed by atoms with E-state index in [0.717, 1.165) is 22.2 Å². The van der Waals surface area contributed by atoms with Gasteiger partial charge in [-0.15, -0.1) is 11.3 Å². The van der Waals surface area contributed by atoms with E-state index in [4.69, 9.17) is 4.74 Å². The van der Waals surface area contributed by atoms with E-state index in [1.165, 1.54) is 0 Å². The molecule has 2 atom stereocenters. The molecule has 31 heavy (non-hydrogen) atoms. The number of nitrogens with zero attached hydrogens (tertiary/aromatic N) is 3. The molecule has 2 aromatic rings. The summed E-state index contributed by atoms with van der Waals surface area (Å²) >= 11 is 1.66. The summed E-state index contributed by atoms with van der Waals surface area (Å²) in [6.45, 7) is 10.8. The van der Waals surface area contributed by atoms with Crippen molar-refractivity contribution in [3.8, 4) is 0 Å². The molecule has 1 aliphatic rings. The Kier molecular flexibility index (Phi) is 8.03. The Bertz CT molecular complexity index is 884. The van der Waals surface area contributed by atoms with Crippen molar-refractivity contribution in [3.05, 3.63) is 51.5 Å². The van der Waals surface area contributed by atoms with Crippen LogP contribution in [0.25, 0.3) is 0 Å². The summed E-state index contributed by atoms with van der Waals surface area (Å²) < 4.78 is 5.72. The van der Waals surface area contributed by atoms with Crippen LogP contribution < -0.4 is 10.6 Å². The van der Waals surface area contributed by atoms with Crippen molar-refractivity contribution >= 4 is 23.2 Å². The van der Waals surface area contributed by atoms with Crippen molar-refractivity contribution in [3.63, 3.8) is 0 Å². The van der Waals surface area contributed by atoms with Crippen LogP contribution in [-0.4, -0.2) is 54.1 Å². The molecule has 2 N–H and O–H groups in total. The minimum absolute atomic E-state index is 0.0585. The zero-order chi connectivity index (χ0) is 22.4. The third kappa shape index (κ3) is 6.51. The maximum Gasteiger partial charge on any atom is 0.254 e. The van der Waals surface area contributed by atoms with Crippen molar-refractivity contribution in [2.75, 3.05) is 20.1 Å². The fraction of sp³-hybridized carbons (Fsp3) is 0.522. The predicted molar refractivity (Wildman–Crippen MR) is 126 cm³/mol. The maximum absolute atomic E-state index is 12.8. The van der Waals surface area contributed by atoms with Crippen LogP contribution in [0.5, 0.6) is 0 Å². The second-order valence-electron chi connectivity index (χ2n) is 8.26. The lowest BCUT2D eigenvalue weighted by Gasteiger charge is -2.35. The number of guanidine groups is 1. The Hall–Kier alpha value is -2.45. The molecule has 2 heterocycles. The molecule has 8 heteroatoms. The predicted octanol–water partition coefficient (Wildman–Crippen LogP) is 3.38. The maximum atomic E-state index is 12.8. The van der Waals surface area contributed by atoms with Crippen LogP contribution in [0.1, 0.15) is 60.2 Å². The molecule has 168 valence electrons. The van der Waals surface area contributed by atoms with Gasteiger partial charge in [-0.2, -0.15) is 0 Å². The molecule has 0 spiro atoms. The number of benzene rings is 1. The number of carbonyl (C=O) groups excluding carboxylic acids is 1. The van der Waals surface area contributed by atoms with E-state index in [2.05, 4.69) is 39.8 Å². The summed E-state index contributed by atoms with van der Waals surface area (Å²) in [6, 6.07) is 7.75. The molecule has 3 rings (SSSR count). The van der Waals surface area contributed by atoms with Crippen LogP contribution in [0, 0.1) is 0 Å². The smallest absolute Gasteiger partial charge is 0.254 e. The van der Waals surface area contributed by atoms with Gasteiger partial charge in [-0.25, -0.2) is 4.98 Å². The van der Waals surface area contributed by atoms with Crippen LogP contribution in [-0.2, 0) is 17.8 Å². The van der Waals surface area contributed by atoms with E-state index >= 15 is 0 Å². The molecule has 0 aliphatic carbocycles. The van der Waals surface area contributed by atoms with Crippen molar-refractivity contribution in [2.24, 2.45) is 4.99 Å².